The Bertz CT molecular complexity index is 910. The van der Waals surface area contributed by atoms with Gasteiger partial charge in [0, 0.05) is 37.1 Å². The topological polar surface area (TPSA) is 106 Å². The minimum atomic E-state index is -0.291. The van der Waals surface area contributed by atoms with Crippen molar-refractivity contribution in [2.45, 2.75) is 6.92 Å². The number of nitrogens with one attached hydrogen (secondary N) is 3. The normalized spacial score (nSPS) is 10.3. The predicted octanol–water partition coefficient (Wildman–Crippen LogP) is 2.21. The van der Waals surface area contributed by atoms with Crippen molar-refractivity contribution in [1.82, 2.24) is 25.1 Å². The number of hydrogen-bond donors (Lipinski definition) is 3. The molecule has 3 N–H and O–H groups in total. The standard InChI is InChI=1S/C18H21N7O2/c1-13-6-9-25(24-13)17-11-16(21-12-22-17)19-7-8-20-18(26)23-14-4-3-5-15(10-14)27-2/h3-6,9-12H,7-8H2,1-2H3,(H,19,21,22)(H2,20,23,26). The number of methoxy groups -OCH3 is 1. The monoisotopic (exact) mass is 367 g/mol. The molecule has 2 heterocycles. The van der Waals surface area contributed by atoms with Crippen LogP contribution in [0.1, 0.15) is 5.69 Å². The van der Waals surface area contributed by atoms with Gasteiger partial charge in [-0.2, -0.15) is 5.10 Å². The molecule has 140 valence electrons. The van der Waals surface area contributed by atoms with Gasteiger partial charge in [0.2, 0.25) is 0 Å². The van der Waals surface area contributed by atoms with E-state index in [1.807, 2.05) is 31.3 Å². The van der Waals surface area contributed by atoms with Gasteiger partial charge in [0.15, 0.2) is 5.82 Å². The fraction of sp³-hybridized carbons (Fsp3) is 0.222. The number of anilines is 2. The third kappa shape index (κ3) is 5.18. The largest absolute Gasteiger partial charge is 0.497 e. The van der Waals surface area contributed by atoms with Gasteiger partial charge < -0.3 is 20.7 Å². The quantitative estimate of drug-likeness (QED) is 0.553. The number of carbonyl (C=O) groups excluding carboxylic acids is 1. The minimum Gasteiger partial charge on any atom is -0.497 e. The number of aromatic nitrogens is 4. The Morgan fingerprint density at radius 1 is 1.19 bits per heavy atom. The molecule has 3 rings (SSSR count). The van der Waals surface area contributed by atoms with E-state index >= 15 is 0 Å². The molecule has 0 saturated carbocycles. The van der Waals surface area contributed by atoms with Crippen LogP contribution in [0.5, 0.6) is 5.75 Å². The van der Waals surface area contributed by atoms with Crippen molar-refractivity contribution >= 4 is 17.5 Å². The van der Waals surface area contributed by atoms with Crippen molar-refractivity contribution in [3.63, 3.8) is 0 Å². The SMILES string of the molecule is COc1cccc(NC(=O)NCCNc2cc(-n3ccc(C)n3)ncn2)c1. The van der Waals surface area contributed by atoms with Gasteiger partial charge in [-0.25, -0.2) is 19.4 Å². The Kier molecular flexibility index (Phi) is 5.83. The Hall–Kier alpha value is -3.62. The third-order valence-corrected chi connectivity index (χ3v) is 3.65. The van der Waals surface area contributed by atoms with Crippen molar-refractivity contribution in [2.24, 2.45) is 0 Å². The maximum Gasteiger partial charge on any atom is 0.319 e. The number of amides is 2. The van der Waals surface area contributed by atoms with Gasteiger partial charge in [-0.15, -0.1) is 0 Å². The van der Waals surface area contributed by atoms with Gasteiger partial charge in [-0.05, 0) is 25.1 Å². The lowest BCUT2D eigenvalue weighted by molar-refractivity contribution is 0.252. The van der Waals surface area contributed by atoms with Crippen LogP contribution >= 0.6 is 0 Å². The van der Waals surface area contributed by atoms with E-state index in [4.69, 9.17) is 4.74 Å². The summed E-state index contributed by atoms with van der Waals surface area (Å²) in [5.41, 5.74) is 1.57. The first-order valence-corrected chi connectivity index (χ1v) is 8.41. The predicted molar refractivity (Wildman–Crippen MR) is 102 cm³/mol. The molecule has 2 aromatic heterocycles. The lowest BCUT2D eigenvalue weighted by Gasteiger charge is -2.10. The number of aryl methyl sites for hydroxylation is 1. The van der Waals surface area contributed by atoms with Crippen LogP contribution in [-0.2, 0) is 0 Å². The van der Waals surface area contributed by atoms with Crippen LogP contribution in [0.25, 0.3) is 5.82 Å². The fourth-order valence-corrected chi connectivity index (χ4v) is 2.35. The molecule has 0 unspecified atom stereocenters. The molecule has 0 spiro atoms. The van der Waals surface area contributed by atoms with Crippen LogP contribution in [0.4, 0.5) is 16.3 Å². The first-order valence-electron chi connectivity index (χ1n) is 8.41. The zero-order valence-corrected chi connectivity index (χ0v) is 15.1. The molecule has 9 nitrogen and oxygen atoms in total. The summed E-state index contributed by atoms with van der Waals surface area (Å²) >= 11 is 0. The highest BCUT2D eigenvalue weighted by atomic mass is 16.5. The first kappa shape index (κ1) is 18.2. The summed E-state index contributed by atoms with van der Waals surface area (Å²) < 4.78 is 6.81. The maximum atomic E-state index is 11.9. The zero-order chi connectivity index (χ0) is 19.1. The Morgan fingerprint density at radius 2 is 2.07 bits per heavy atom. The van der Waals surface area contributed by atoms with Gasteiger partial charge in [0.25, 0.3) is 0 Å². The Balaban J connectivity index is 1.45. The summed E-state index contributed by atoms with van der Waals surface area (Å²) in [6, 6.07) is 10.6. The van der Waals surface area contributed by atoms with E-state index < -0.39 is 0 Å². The van der Waals surface area contributed by atoms with Crippen LogP contribution in [0.2, 0.25) is 0 Å². The van der Waals surface area contributed by atoms with E-state index in [0.717, 1.165) is 5.69 Å². The van der Waals surface area contributed by atoms with E-state index in [1.54, 1.807) is 30.0 Å². The molecule has 27 heavy (non-hydrogen) atoms. The van der Waals surface area contributed by atoms with Crippen molar-refractivity contribution < 1.29 is 9.53 Å². The molecule has 0 fully saturated rings. The third-order valence-electron chi connectivity index (χ3n) is 3.65. The second-order valence-electron chi connectivity index (χ2n) is 5.70. The molecule has 0 aliphatic rings. The molecule has 2 amide bonds. The average Bonchev–Trinajstić information content (AvgIpc) is 3.12. The highest BCUT2D eigenvalue weighted by molar-refractivity contribution is 5.89. The van der Waals surface area contributed by atoms with Gasteiger partial charge in [0.1, 0.15) is 17.9 Å². The average molecular weight is 367 g/mol. The summed E-state index contributed by atoms with van der Waals surface area (Å²) in [6.45, 7) is 2.86. The second kappa shape index (κ2) is 8.65. The van der Waals surface area contributed by atoms with Crippen molar-refractivity contribution in [3.05, 3.63) is 54.6 Å². The molecule has 0 aliphatic carbocycles. The van der Waals surface area contributed by atoms with Crippen molar-refractivity contribution in [2.75, 3.05) is 30.8 Å². The lowest BCUT2D eigenvalue weighted by atomic mass is 10.3. The van der Waals surface area contributed by atoms with Crippen LogP contribution in [0.15, 0.2) is 48.9 Å². The molecule has 0 radical (unpaired) electrons. The summed E-state index contributed by atoms with van der Waals surface area (Å²) in [5, 5.41) is 13.0. The van der Waals surface area contributed by atoms with Crippen molar-refractivity contribution in [3.8, 4) is 11.6 Å². The van der Waals surface area contributed by atoms with E-state index in [-0.39, 0.29) is 6.03 Å². The molecular weight excluding hydrogens is 346 g/mol. The molecule has 0 aliphatic heterocycles. The van der Waals surface area contributed by atoms with Gasteiger partial charge >= 0.3 is 6.03 Å². The summed E-state index contributed by atoms with van der Waals surface area (Å²) in [4.78, 5) is 20.3. The van der Waals surface area contributed by atoms with Crippen LogP contribution in [0, 0.1) is 6.92 Å². The van der Waals surface area contributed by atoms with E-state index in [0.29, 0.717) is 36.2 Å². The smallest absolute Gasteiger partial charge is 0.319 e. The summed E-state index contributed by atoms with van der Waals surface area (Å²) in [5.74, 6) is 2.01. The van der Waals surface area contributed by atoms with Crippen molar-refractivity contribution in [1.29, 1.82) is 0 Å². The molecular formula is C18H21N7O2. The molecule has 9 heteroatoms. The molecule has 0 bridgehead atoms. The van der Waals surface area contributed by atoms with Gasteiger partial charge in [-0.3, -0.25) is 0 Å². The molecule has 0 atom stereocenters. The zero-order valence-electron chi connectivity index (χ0n) is 15.1. The van der Waals surface area contributed by atoms with Crippen LogP contribution in [-0.4, -0.2) is 46.0 Å². The van der Waals surface area contributed by atoms with E-state index in [1.165, 1.54) is 6.33 Å². The Labute approximate surface area is 156 Å². The number of ether oxygens (including phenoxy) is 1. The molecule has 3 aromatic rings. The molecule has 0 saturated heterocycles. The summed E-state index contributed by atoms with van der Waals surface area (Å²) in [7, 11) is 1.58. The number of urea groups is 1. The van der Waals surface area contributed by atoms with Gasteiger partial charge in [-0.1, -0.05) is 6.07 Å². The highest BCUT2D eigenvalue weighted by Gasteiger charge is 2.04. The number of nitrogens with zero attached hydrogens (tertiary/aromatic N) is 4. The highest BCUT2D eigenvalue weighted by Crippen LogP contribution is 2.16. The van der Waals surface area contributed by atoms with E-state index in [9.17, 15) is 4.79 Å². The maximum absolute atomic E-state index is 11.9. The fourth-order valence-electron chi connectivity index (χ4n) is 2.35. The summed E-state index contributed by atoms with van der Waals surface area (Å²) in [6.07, 6.45) is 3.31. The first-order chi connectivity index (χ1) is 13.1. The lowest BCUT2D eigenvalue weighted by Crippen LogP contribution is -2.32. The number of hydrogen-bond acceptors (Lipinski definition) is 6. The van der Waals surface area contributed by atoms with Crippen LogP contribution < -0.4 is 20.7 Å². The molecule has 1 aromatic carbocycles. The Morgan fingerprint density at radius 3 is 2.85 bits per heavy atom. The second-order valence-corrected chi connectivity index (χ2v) is 5.70. The minimum absolute atomic E-state index is 0.291. The number of benzene rings is 1. The van der Waals surface area contributed by atoms with Gasteiger partial charge in [0.05, 0.1) is 12.8 Å². The van der Waals surface area contributed by atoms with Crippen LogP contribution in [0.3, 0.4) is 0 Å². The number of rotatable bonds is 7. The van der Waals surface area contributed by atoms with E-state index in [2.05, 4.69) is 31.0 Å². The number of carbonyl (C=O) groups is 1.